The van der Waals surface area contributed by atoms with E-state index >= 15 is 0 Å². The third kappa shape index (κ3) is 4.92. The predicted molar refractivity (Wildman–Crippen MR) is 107 cm³/mol. The van der Waals surface area contributed by atoms with Gasteiger partial charge in [0.05, 0.1) is 11.6 Å². The van der Waals surface area contributed by atoms with Gasteiger partial charge in [-0.3, -0.25) is 14.5 Å². The Bertz CT molecular complexity index is 960. The molecule has 1 aliphatic heterocycles. The van der Waals surface area contributed by atoms with Gasteiger partial charge in [0.2, 0.25) is 5.91 Å². The Morgan fingerprint density at radius 3 is 2.45 bits per heavy atom. The van der Waals surface area contributed by atoms with Crippen molar-refractivity contribution < 1.29 is 27.2 Å². The molecule has 2 fully saturated rings. The van der Waals surface area contributed by atoms with Crippen molar-refractivity contribution in [1.82, 2.24) is 15.1 Å². The number of furan rings is 1. The molecular formula is C22H24F3N3O3. The molecule has 1 aliphatic carbocycles. The third-order valence-electron chi connectivity index (χ3n) is 5.74. The van der Waals surface area contributed by atoms with Crippen molar-refractivity contribution in [2.45, 2.75) is 38.0 Å². The number of nitrogens with one attached hydrogen (secondary N) is 1. The lowest BCUT2D eigenvalue weighted by Gasteiger charge is -2.37. The number of hydrogen-bond donors (Lipinski definition) is 1. The van der Waals surface area contributed by atoms with E-state index in [9.17, 15) is 22.8 Å². The van der Waals surface area contributed by atoms with Crippen LogP contribution < -0.4 is 5.32 Å². The van der Waals surface area contributed by atoms with Crippen molar-refractivity contribution in [3.8, 4) is 11.3 Å². The van der Waals surface area contributed by atoms with Crippen LogP contribution in [0.25, 0.3) is 11.3 Å². The summed E-state index contributed by atoms with van der Waals surface area (Å²) in [6.45, 7) is 3.88. The molecule has 0 bridgehead atoms. The summed E-state index contributed by atoms with van der Waals surface area (Å²) in [7, 11) is 0. The third-order valence-corrected chi connectivity index (χ3v) is 5.74. The van der Waals surface area contributed by atoms with Crippen LogP contribution in [0.2, 0.25) is 0 Å². The smallest absolute Gasteiger partial charge is 0.416 e. The van der Waals surface area contributed by atoms with Crippen molar-refractivity contribution in [2.75, 3.05) is 26.2 Å². The first-order valence-electron chi connectivity index (χ1n) is 10.3. The Labute approximate surface area is 178 Å². The normalized spacial score (nSPS) is 18.6. The fraction of sp³-hybridized carbons (Fsp3) is 0.455. The minimum absolute atomic E-state index is 0.0130. The molecule has 2 aromatic rings. The van der Waals surface area contributed by atoms with E-state index in [1.165, 1.54) is 24.3 Å². The second kappa shape index (κ2) is 8.37. The Balaban J connectivity index is 1.37. The van der Waals surface area contributed by atoms with Gasteiger partial charge in [-0.25, -0.2) is 0 Å². The number of nitrogens with zero attached hydrogens (tertiary/aromatic N) is 2. The van der Waals surface area contributed by atoms with Crippen molar-refractivity contribution in [1.29, 1.82) is 0 Å². The Hall–Kier alpha value is -2.81. The van der Waals surface area contributed by atoms with Gasteiger partial charge >= 0.3 is 6.18 Å². The topological polar surface area (TPSA) is 65.8 Å². The van der Waals surface area contributed by atoms with Crippen LogP contribution in [0.4, 0.5) is 13.2 Å². The van der Waals surface area contributed by atoms with Crippen molar-refractivity contribution >= 4 is 11.8 Å². The Kier molecular flexibility index (Phi) is 5.79. The summed E-state index contributed by atoms with van der Waals surface area (Å²) in [4.78, 5) is 28.7. The monoisotopic (exact) mass is 435 g/mol. The molecule has 0 radical (unpaired) electrons. The number of hydrogen-bond acceptors (Lipinski definition) is 4. The maximum atomic E-state index is 12.9. The second-order valence-electron chi connectivity index (χ2n) is 8.03. The summed E-state index contributed by atoms with van der Waals surface area (Å²) in [6.07, 6.45) is -2.38. The van der Waals surface area contributed by atoms with E-state index in [0.29, 0.717) is 32.2 Å². The van der Waals surface area contributed by atoms with Gasteiger partial charge in [-0.1, -0.05) is 12.1 Å². The number of halogens is 3. The van der Waals surface area contributed by atoms with Crippen LogP contribution in [0.15, 0.2) is 40.8 Å². The second-order valence-corrected chi connectivity index (χ2v) is 8.03. The number of rotatable bonds is 5. The van der Waals surface area contributed by atoms with E-state index in [1.54, 1.807) is 4.90 Å². The molecule has 2 aliphatic rings. The molecule has 6 nitrogen and oxygen atoms in total. The summed E-state index contributed by atoms with van der Waals surface area (Å²) in [6, 6.07) is 7.84. The van der Waals surface area contributed by atoms with Crippen molar-refractivity contribution in [3.05, 3.63) is 47.7 Å². The van der Waals surface area contributed by atoms with Gasteiger partial charge < -0.3 is 14.6 Å². The average molecular weight is 435 g/mol. The number of piperazine rings is 1. The molecule has 2 amide bonds. The predicted octanol–water partition coefficient (Wildman–Crippen LogP) is 3.39. The highest BCUT2D eigenvalue weighted by Crippen LogP contribution is 2.32. The highest BCUT2D eigenvalue weighted by molar-refractivity contribution is 5.92. The van der Waals surface area contributed by atoms with Crippen LogP contribution in [-0.4, -0.2) is 59.9 Å². The molecule has 166 valence electrons. The number of benzene rings is 1. The summed E-state index contributed by atoms with van der Waals surface area (Å²) in [5, 5.41) is 3.00. The molecule has 31 heavy (non-hydrogen) atoms. The summed E-state index contributed by atoms with van der Waals surface area (Å²) >= 11 is 0. The first-order valence-corrected chi connectivity index (χ1v) is 10.3. The molecule has 1 unspecified atom stereocenters. The zero-order valence-electron chi connectivity index (χ0n) is 17.1. The van der Waals surface area contributed by atoms with Gasteiger partial charge in [0.1, 0.15) is 5.76 Å². The van der Waals surface area contributed by atoms with E-state index in [1.807, 2.05) is 11.8 Å². The zero-order valence-corrected chi connectivity index (χ0v) is 17.1. The zero-order chi connectivity index (χ0) is 22.2. The van der Waals surface area contributed by atoms with Gasteiger partial charge in [0.15, 0.2) is 5.76 Å². The first kappa shape index (κ1) is 21.4. The van der Waals surface area contributed by atoms with Gasteiger partial charge in [-0.15, -0.1) is 0 Å². The van der Waals surface area contributed by atoms with Crippen LogP contribution in [0, 0.1) is 0 Å². The molecule has 0 spiro atoms. The standard InChI is InChI=1S/C22H24F3N3O3/c1-14(20(29)26-17-5-6-17)27-9-11-28(12-10-27)21(30)19-8-7-18(31-19)15-3-2-4-16(13-15)22(23,24)25/h2-4,7-8,13-14,17H,5-6,9-12H2,1H3,(H,26,29). The summed E-state index contributed by atoms with van der Waals surface area (Å²) < 4.78 is 44.4. The molecule has 1 atom stereocenters. The lowest BCUT2D eigenvalue weighted by molar-refractivity contribution is -0.137. The van der Waals surface area contributed by atoms with E-state index in [0.717, 1.165) is 25.0 Å². The van der Waals surface area contributed by atoms with Gasteiger partial charge in [-0.05, 0) is 44.0 Å². The molecule has 2 heterocycles. The quantitative estimate of drug-likeness (QED) is 0.782. The van der Waals surface area contributed by atoms with Gasteiger partial charge in [0.25, 0.3) is 5.91 Å². The Morgan fingerprint density at radius 2 is 1.81 bits per heavy atom. The lowest BCUT2D eigenvalue weighted by atomic mass is 10.1. The first-order chi connectivity index (χ1) is 14.7. The molecule has 1 N–H and O–H groups in total. The van der Waals surface area contributed by atoms with Crippen LogP contribution in [0.3, 0.4) is 0 Å². The number of amides is 2. The highest BCUT2D eigenvalue weighted by atomic mass is 19.4. The molecule has 9 heteroatoms. The van der Waals surface area contributed by atoms with Crippen LogP contribution >= 0.6 is 0 Å². The molecule has 4 rings (SSSR count). The van der Waals surface area contributed by atoms with Crippen LogP contribution in [0.5, 0.6) is 0 Å². The fourth-order valence-corrected chi connectivity index (χ4v) is 3.64. The Morgan fingerprint density at radius 1 is 1.10 bits per heavy atom. The SMILES string of the molecule is CC(C(=O)NC1CC1)N1CCN(C(=O)c2ccc(-c3cccc(C(F)(F)F)c3)o2)CC1. The minimum Gasteiger partial charge on any atom is -0.451 e. The van der Waals surface area contributed by atoms with E-state index < -0.39 is 11.7 Å². The van der Waals surface area contributed by atoms with Crippen molar-refractivity contribution in [2.24, 2.45) is 0 Å². The van der Waals surface area contributed by atoms with Gasteiger partial charge in [-0.2, -0.15) is 13.2 Å². The largest absolute Gasteiger partial charge is 0.451 e. The van der Waals surface area contributed by atoms with E-state index in [2.05, 4.69) is 5.32 Å². The number of alkyl halides is 3. The van der Waals surface area contributed by atoms with E-state index in [4.69, 9.17) is 4.42 Å². The minimum atomic E-state index is -4.45. The fourth-order valence-electron chi connectivity index (χ4n) is 3.64. The number of carbonyl (C=O) groups is 2. The molecular weight excluding hydrogens is 411 g/mol. The average Bonchev–Trinajstić information content (AvgIpc) is 3.43. The molecule has 1 aromatic heterocycles. The highest BCUT2D eigenvalue weighted by Gasteiger charge is 2.32. The number of carbonyl (C=O) groups excluding carboxylic acids is 2. The molecule has 1 aromatic carbocycles. The van der Waals surface area contributed by atoms with Crippen molar-refractivity contribution in [3.63, 3.8) is 0 Å². The summed E-state index contributed by atoms with van der Waals surface area (Å²) in [5.41, 5.74) is -0.514. The summed E-state index contributed by atoms with van der Waals surface area (Å²) in [5.74, 6) is -0.00848. The van der Waals surface area contributed by atoms with E-state index in [-0.39, 0.29) is 34.9 Å². The molecule has 1 saturated heterocycles. The van der Waals surface area contributed by atoms with Gasteiger partial charge in [0, 0.05) is 37.8 Å². The van der Waals surface area contributed by atoms with Crippen LogP contribution in [-0.2, 0) is 11.0 Å². The molecule has 1 saturated carbocycles. The maximum Gasteiger partial charge on any atom is 0.416 e. The van der Waals surface area contributed by atoms with Crippen LogP contribution in [0.1, 0.15) is 35.9 Å². The lowest BCUT2D eigenvalue weighted by Crippen LogP contribution is -2.55. The maximum absolute atomic E-state index is 12.9.